The molecule has 0 amide bonds. The maximum absolute atomic E-state index is 10.2. The molecule has 1 heterocycles. The number of phenols is 1. The lowest BCUT2D eigenvalue weighted by atomic mass is 9.79. The van der Waals surface area contributed by atoms with Crippen molar-refractivity contribution in [1.29, 1.82) is 0 Å². The van der Waals surface area contributed by atoms with Gasteiger partial charge in [-0.25, -0.2) is 0 Å². The van der Waals surface area contributed by atoms with Gasteiger partial charge < -0.3 is 10.0 Å². The standard InChI is InChI=1S/C22H21NO/c1-14-12-16(13-15(2)22(14)24)21-17-8-4-6-10-19(17)23(3)20-11-7-5-9-18(20)21/h4-13,21,24H,1-3H3. The van der Waals surface area contributed by atoms with Gasteiger partial charge in [0.15, 0.2) is 0 Å². The van der Waals surface area contributed by atoms with E-state index in [0.717, 1.165) is 11.1 Å². The quantitative estimate of drug-likeness (QED) is 0.661. The number of para-hydroxylation sites is 2. The van der Waals surface area contributed by atoms with Gasteiger partial charge in [-0.05, 0) is 53.8 Å². The van der Waals surface area contributed by atoms with Gasteiger partial charge in [0.25, 0.3) is 0 Å². The SMILES string of the molecule is Cc1cc(C2c3ccccc3N(C)c3ccccc32)cc(C)c1O. The van der Waals surface area contributed by atoms with Crippen molar-refractivity contribution in [3.8, 4) is 5.75 Å². The summed E-state index contributed by atoms with van der Waals surface area (Å²) in [6.07, 6.45) is 0. The van der Waals surface area contributed by atoms with E-state index < -0.39 is 0 Å². The van der Waals surface area contributed by atoms with Crippen molar-refractivity contribution >= 4 is 11.4 Å². The van der Waals surface area contributed by atoms with Crippen LogP contribution in [0.5, 0.6) is 5.75 Å². The number of fused-ring (bicyclic) bond motifs is 2. The molecule has 0 fully saturated rings. The van der Waals surface area contributed by atoms with Crippen molar-refractivity contribution < 1.29 is 5.11 Å². The predicted octanol–water partition coefficient (Wildman–Crippen LogP) is 5.27. The minimum atomic E-state index is 0.187. The second-order valence-electron chi connectivity index (χ2n) is 6.61. The minimum Gasteiger partial charge on any atom is -0.507 e. The fraction of sp³-hybridized carbons (Fsp3) is 0.182. The molecule has 24 heavy (non-hydrogen) atoms. The van der Waals surface area contributed by atoms with Crippen molar-refractivity contribution in [3.05, 3.63) is 88.5 Å². The molecule has 0 atom stereocenters. The number of benzene rings is 3. The van der Waals surface area contributed by atoms with E-state index in [1.807, 2.05) is 13.8 Å². The molecule has 0 aliphatic carbocycles. The average molecular weight is 315 g/mol. The highest BCUT2D eigenvalue weighted by molar-refractivity contribution is 5.77. The summed E-state index contributed by atoms with van der Waals surface area (Å²) >= 11 is 0. The number of hydrogen-bond acceptors (Lipinski definition) is 2. The summed E-state index contributed by atoms with van der Waals surface area (Å²) in [5.41, 5.74) is 8.19. The van der Waals surface area contributed by atoms with Gasteiger partial charge in [-0.1, -0.05) is 48.5 Å². The first-order chi connectivity index (χ1) is 11.6. The molecular weight excluding hydrogens is 294 g/mol. The van der Waals surface area contributed by atoms with Crippen LogP contribution in [0.25, 0.3) is 0 Å². The van der Waals surface area contributed by atoms with E-state index >= 15 is 0 Å². The molecule has 0 radical (unpaired) electrons. The van der Waals surface area contributed by atoms with E-state index in [0.29, 0.717) is 5.75 Å². The first-order valence-corrected chi connectivity index (χ1v) is 8.29. The summed E-state index contributed by atoms with van der Waals surface area (Å²) in [4.78, 5) is 2.27. The second kappa shape index (κ2) is 5.41. The molecule has 3 aromatic carbocycles. The van der Waals surface area contributed by atoms with Crippen LogP contribution in [-0.4, -0.2) is 12.2 Å². The van der Waals surface area contributed by atoms with E-state index in [1.54, 1.807) is 0 Å². The fourth-order valence-electron chi connectivity index (χ4n) is 3.89. The largest absolute Gasteiger partial charge is 0.507 e. The third-order valence-corrected chi connectivity index (χ3v) is 5.06. The minimum absolute atomic E-state index is 0.187. The first kappa shape index (κ1) is 14.8. The Kier molecular flexibility index (Phi) is 3.34. The number of phenolic OH excluding ortho intramolecular Hbond substituents is 1. The van der Waals surface area contributed by atoms with Crippen LogP contribution in [0.2, 0.25) is 0 Å². The summed E-state index contributed by atoms with van der Waals surface area (Å²) in [6.45, 7) is 3.94. The number of hydrogen-bond donors (Lipinski definition) is 1. The lowest BCUT2D eigenvalue weighted by Gasteiger charge is -2.36. The van der Waals surface area contributed by atoms with Crippen molar-refractivity contribution in [2.24, 2.45) is 0 Å². The van der Waals surface area contributed by atoms with Crippen LogP contribution in [0.3, 0.4) is 0 Å². The third kappa shape index (κ3) is 2.10. The van der Waals surface area contributed by atoms with E-state index in [9.17, 15) is 5.11 Å². The maximum atomic E-state index is 10.2. The molecule has 2 nitrogen and oxygen atoms in total. The molecule has 0 bridgehead atoms. The Hall–Kier alpha value is -2.74. The number of rotatable bonds is 1. The van der Waals surface area contributed by atoms with Crippen molar-refractivity contribution in [3.63, 3.8) is 0 Å². The van der Waals surface area contributed by atoms with E-state index in [4.69, 9.17) is 0 Å². The second-order valence-corrected chi connectivity index (χ2v) is 6.61. The Morgan fingerprint density at radius 1 is 0.792 bits per heavy atom. The van der Waals surface area contributed by atoms with Gasteiger partial charge in [0.1, 0.15) is 5.75 Å². The smallest absolute Gasteiger partial charge is 0.121 e. The number of aromatic hydroxyl groups is 1. The fourth-order valence-corrected chi connectivity index (χ4v) is 3.89. The highest BCUT2D eigenvalue weighted by atomic mass is 16.3. The van der Waals surface area contributed by atoms with Crippen molar-refractivity contribution in [1.82, 2.24) is 0 Å². The van der Waals surface area contributed by atoms with Crippen LogP contribution in [0.1, 0.15) is 33.7 Å². The summed E-state index contributed by atoms with van der Waals surface area (Å²) in [5.74, 6) is 0.583. The molecular formula is C22H21NO. The molecule has 4 rings (SSSR count). The van der Waals surface area contributed by atoms with E-state index in [2.05, 4.69) is 72.6 Å². The van der Waals surface area contributed by atoms with Crippen LogP contribution >= 0.6 is 0 Å². The predicted molar refractivity (Wildman–Crippen MR) is 99.5 cm³/mol. The normalized spacial score (nSPS) is 13.5. The number of anilines is 2. The molecule has 0 spiro atoms. The molecule has 0 saturated heterocycles. The van der Waals surface area contributed by atoms with E-state index in [-0.39, 0.29) is 5.92 Å². The summed E-state index contributed by atoms with van der Waals surface area (Å²) in [7, 11) is 2.13. The lowest BCUT2D eigenvalue weighted by Crippen LogP contribution is -2.22. The van der Waals surface area contributed by atoms with Crippen LogP contribution in [0.15, 0.2) is 60.7 Å². The zero-order valence-electron chi connectivity index (χ0n) is 14.2. The Labute approximate surface area is 143 Å². The van der Waals surface area contributed by atoms with Gasteiger partial charge in [0.2, 0.25) is 0 Å². The van der Waals surface area contributed by atoms with Crippen LogP contribution < -0.4 is 4.90 Å². The molecule has 1 N–H and O–H groups in total. The molecule has 1 aliphatic rings. The van der Waals surface area contributed by atoms with E-state index in [1.165, 1.54) is 28.1 Å². The zero-order valence-corrected chi connectivity index (χ0v) is 14.2. The molecule has 120 valence electrons. The van der Waals surface area contributed by atoms with Gasteiger partial charge >= 0.3 is 0 Å². The Balaban J connectivity index is 2.01. The van der Waals surface area contributed by atoms with Crippen molar-refractivity contribution in [2.75, 3.05) is 11.9 Å². The molecule has 2 heteroatoms. The summed E-state index contributed by atoms with van der Waals surface area (Å²) < 4.78 is 0. The van der Waals surface area contributed by atoms with Crippen LogP contribution in [0.4, 0.5) is 11.4 Å². The number of nitrogens with zero attached hydrogens (tertiary/aromatic N) is 1. The molecule has 0 aromatic heterocycles. The van der Waals surface area contributed by atoms with Gasteiger partial charge in [-0.15, -0.1) is 0 Å². The topological polar surface area (TPSA) is 23.5 Å². The molecule has 3 aromatic rings. The van der Waals surface area contributed by atoms with Gasteiger partial charge in [0, 0.05) is 24.3 Å². The summed E-state index contributed by atoms with van der Waals surface area (Å²) in [5, 5.41) is 10.2. The van der Waals surface area contributed by atoms with Gasteiger partial charge in [-0.2, -0.15) is 0 Å². The Morgan fingerprint density at radius 2 is 1.25 bits per heavy atom. The number of aryl methyl sites for hydroxylation is 2. The monoisotopic (exact) mass is 315 g/mol. The molecule has 0 saturated carbocycles. The van der Waals surface area contributed by atoms with Crippen LogP contribution in [-0.2, 0) is 0 Å². The highest BCUT2D eigenvalue weighted by Crippen LogP contribution is 2.48. The zero-order chi connectivity index (χ0) is 16.8. The first-order valence-electron chi connectivity index (χ1n) is 8.29. The Bertz CT molecular complexity index is 858. The maximum Gasteiger partial charge on any atom is 0.121 e. The molecule has 0 unspecified atom stereocenters. The van der Waals surface area contributed by atoms with Gasteiger partial charge in [0.05, 0.1) is 0 Å². The highest BCUT2D eigenvalue weighted by Gasteiger charge is 2.29. The van der Waals surface area contributed by atoms with Gasteiger partial charge in [-0.3, -0.25) is 0 Å². The van der Waals surface area contributed by atoms with Crippen molar-refractivity contribution in [2.45, 2.75) is 19.8 Å². The lowest BCUT2D eigenvalue weighted by molar-refractivity contribution is 0.466. The molecule has 1 aliphatic heterocycles. The average Bonchev–Trinajstić information content (AvgIpc) is 2.60. The Morgan fingerprint density at radius 3 is 1.75 bits per heavy atom. The van der Waals surface area contributed by atoms with Crippen LogP contribution in [0, 0.1) is 13.8 Å². The third-order valence-electron chi connectivity index (χ3n) is 5.06. The summed E-state index contributed by atoms with van der Waals surface area (Å²) in [6, 6.07) is 21.4.